The summed E-state index contributed by atoms with van der Waals surface area (Å²) in [6.07, 6.45) is 0.781. The fraction of sp³-hybridized carbons (Fsp3) is 0.571. The molecule has 1 aromatic carbocycles. The number of benzene rings is 1. The van der Waals surface area contributed by atoms with Crippen molar-refractivity contribution in [3.63, 3.8) is 0 Å². The summed E-state index contributed by atoms with van der Waals surface area (Å²) in [4.78, 5) is 1.36. The number of nitrogens with one attached hydrogen (secondary N) is 1. The molecule has 0 amide bonds. The van der Waals surface area contributed by atoms with Gasteiger partial charge < -0.3 is 20.1 Å². The van der Waals surface area contributed by atoms with Crippen molar-refractivity contribution in [1.82, 2.24) is 0 Å². The average Bonchev–Trinajstić information content (AvgIpc) is 2.43. The van der Waals surface area contributed by atoms with Crippen LogP contribution in [-0.4, -0.2) is 44.5 Å². The Morgan fingerprint density at radius 1 is 1.53 bits per heavy atom. The second-order valence-corrected chi connectivity index (χ2v) is 5.06. The Morgan fingerprint density at radius 3 is 3.05 bits per heavy atom. The summed E-state index contributed by atoms with van der Waals surface area (Å²) in [6, 6.07) is 5.44. The first-order chi connectivity index (χ1) is 9.24. The van der Waals surface area contributed by atoms with Crippen LogP contribution >= 0.6 is 0 Å². The van der Waals surface area contributed by atoms with Gasteiger partial charge in [-0.05, 0) is 12.1 Å². The average molecular weight is 270 g/mol. The van der Waals surface area contributed by atoms with Gasteiger partial charge in [-0.1, -0.05) is 0 Å². The van der Waals surface area contributed by atoms with Gasteiger partial charge in [0.1, 0.15) is 43.8 Å². The molecule has 4 N–H and O–H groups in total. The first-order valence-corrected chi connectivity index (χ1v) is 6.84. The molecule has 0 spiro atoms. The Balaban J connectivity index is 2.06. The minimum Gasteiger partial charge on any atom is -0.497 e. The SMILES string of the molecule is COc1ccc(C[NH+]2CC[NH2+]C[C@@H]2CCO)c(F)c1. The van der Waals surface area contributed by atoms with Crippen molar-refractivity contribution in [2.24, 2.45) is 0 Å². The molecule has 1 aromatic rings. The smallest absolute Gasteiger partial charge is 0.140 e. The largest absolute Gasteiger partial charge is 0.497 e. The molecular formula is C14H23FN2O2+2. The predicted molar refractivity (Wildman–Crippen MR) is 69.6 cm³/mol. The molecule has 1 saturated heterocycles. The molecule has 2 atom stereocenters. The van der Waals surface area contributed by atoms with Crippen LogP contribution in [0, 0.1) is 5.82 Å². The van der Waals surface area contributed by atoms with E-state index in [1.165, 1.54) is 18.1 Å². The molecule has 4 nitrogen and oxygen atoms in total. The molecule has 0 saturated carbocycles. The second kappa shape index (κ2) is 6.84. The fourth-order valence-corrected chi connectivity index (χ4v) is 2.73. The van der Waals surface area contributed by atoms with Crippen molar-refractivity contribution in [2.45, 2.75) is 19.0 Å². The molecule has 5 heteroatoms. The van der Waals surface area contributed by atoms with E-state index in [1.807, 2.05) is 0 Å². The zero-order chi connectivity index (χ0) is 13.7. The van der Waals surface area contributed by atoms with Gasteiger partial charge in [0.05, 0.1) is 7.11 Å². The van der Waals surface area contributed by atoms with Crippen molar-refractivity contribution < 1.29 is 24.5 Å². The van der Waals surface area contributed by atoms with Crippen LogP contribution in [-0.2, 0) is 6.54 Å². The Hall–Kier alpha value is -1.17. The zero-order valence-electron chi connectivity index (χ0n) is 11.4. The Bertz CT molecular complexity index is 412. The predicted octanol–water partition coefficient (Wildman–Crippen LogP) is -1.45. The number of quaternary nitrogens is 2. The number of nitrogens with two attached hydrogens (primary N) is 1. The summed E-state index contributed by atoms with van der Waals surface area (Å²) < 4.78 is 19.0. The summed E-state index contributed by atoms with van der Waals surface area (Å²) >= 11 is 0. The molecule has 0 aromatic heterocycles. The van der Waals surface area contributed by atoms with Gasteiger partial charge in [0.25, 0.3) is 0 Å². The van der Waals surface area contributed by atoms with Gasteiger partial charge in [0.2, 0.25) is 0 Å². The number of methoxy groups -OCH3 is 1. The lowest BCUT2D eigenvalue weighted by Gasteiger charge is -2.30. The van der Waals surface area contributed by atoms with Gasteiger partial charge in [-0.25, -0.2) is 4.39 Å². The molecular weight excluding hydrogens is 247 g/mol. The van der Waals surface area contributed by atoms with Gasteiger partial charge in [-0.2, -0.15) is 0 Å². The summed E-state index contributed by atoms with van der Waals surface area (Å²) in [7, 11) is 1.54. The van der Waals surface area contributed by atoms with Gasteiger partial charge >= 0.3 is 0 Å². The Kier molecular flexibility index (Phi) is 5.13. The van der Waals surface area contributed by atoms with Crippen LogP contribution in [0.2, 0.25) is 0 Å². The van der Waals surface area contributed by atoms with Crippen LogP contribution in [0.5, 0.6) is 5.75 Å². The molecule has 1 aliphatic rings. The summed E-state index contributed by atoms with van der Waals surface area (Å²) in [5.41, 5.74) is 0.723. The summed E-state index contributed by atoms with van der Waals surface area (Å²) in [6.45, 7) is 3.96. The minimum absolute atomic E-state index is 0.201. The highest BCUT2D eigenvalue weighted by molar-refractivity contribution is 5.28. The fourth-order valence-electron chi connectivity index (χ4n) is 2.73. The number of hydrogen-bond donors (Lipinski definition) is 3. The number of aliphatic hydroxyl groups is 1. The van der Waals surface area contributed by atoms with Crippen LogP contribution in [0.4, 0.5) is 4.39 Å². The minimum atomic E-state index is -0.204. The van der Waals surface area contributed by atoms with E-state index in [-0.39, 0.29) is 12.4 Å². The van der Waals surface area contributed by atoms with E-state index < -0.39 is 0 Å². The highest BCUT2D eigenvalue weighted by Crippen LogP contribution is 2.15. The van der Waals surface area contributed by atoms with Gasteiger partial charge in [0.15, 0.2) is 0 Å². The third kappa shape index (κ3) is 3.65. The van der Waals surface area contributed by atoms with Crippen LogP contribution in [0.25, 0.3) is 0 Å². The van der Waals surface area contributed by atoms with E-state index in [4.69, 9.17) is 9.84 Å². The number of rotatable bonds is 5. The lowest BCUT2D eigenvalue weighted by atomic mass is 10.1. The number of aliphatic hydroxyl groups excluding tert-OH is 1. The normalized spacial score (nSPS) is 23.3. The maximum absolute atomic E-state index is 14.0. The molecule has 0 bridgehead atoms. The molecule has 1 fully saturated rings. The first-order valence-electron chi connectivity index (χ1n) is 6.84. The van der Waals surface area contributed by atoms with E-state index in [2.05, 4.69) is 5.32 Å². The van der Waals surface area contributed by atoms with Crippen molar-refractivity contribution >= 4 is 0 Å². The summed E-state index contributed by atoms with van der Waals surface area (Å²) in [5.74, 6) is 0.347. The Morgan fingerprint density at radius 2 is 2.37 bits per heavy atom. The van der Waals surface area contributed by atoms with Gasteiger partial charge in [-0.15, -0.1) is 0 Å². The van der Waals surface area contributed by atoms with Crippen LogP contribution < -0.4 is 15.0 Å². The van der Waals surface area contributed by atoms with Crippen LogP contribution in [0.15, 0.2) is 18.2 Å². The zero-order valence-corrected chi connectivity index (χ0v) is 11.4. The molecule has 19 heavy (non-hydrogen) atoms. The van der Waals surface area contributed by atoms with Crippen LogP contribution in [0.3, 0.4) is 0 Å². The number of halogens is 1. The molecule has 106 valence electrons. The number of ether oxygens (including phenoxy) is 1. The first kappa shape index (κ1) is 14.2. The number of piperazine rings is 1. The Labute approximate surface area is 113 Å². The number of hydrogen-bond acceptors (Lipinski definition) is 2. The van der Waals surface area contributed by atoms with E-state index in [0.717, 1.165) is 31.6 Å². The summed E-state index contributed by atoms with van der Waals surface area (Å²) in [5, 5.41) is 11.4. The third-order valence-electron chi connectivity index (χ3n) is 3.85. The van der Waals surface area contributed by atoms with Gasteiger partial charge in [0, 0.05) is 24.7 Å². The molecule has 0 radical (unpaired) electrons. The molecule has 1 aliphatic heterocycles. The highest BCUT2D eigenvalue weighted by atomic mass is 19.1. The van der Waals surface area contributed by atoms with Crippen molar-refractivity contribution in [3.8, 4) is 5.75 Å². The quantitative estimate of drug-likeness (QED) is 0.613. The van der Waals surface area contributed by atoms with E-state index in [0.29, 0.717) is 18.3 Å². The highest BCUT2D eigenvalue weighted by Gasteiger charge is 2.28. The second-order valence-electron chi connectivity index (χ2n) is 5.06. The van der Waals surface area contributed by atoms with E-state index in [9.17, 15) is 4.39 Å². The molecule has 0 aliphatic carbocycles. The van der Waals surface area contributed by atoms with E-state index in [1.54, 1.807) is 12.1 Å². The maximum Gasteiger partial charge on any atom is 0.140 e. The van der Waals surface area contributed by atoms with Gasteiger partial charge in [-0.3, -0.25) is 0 Å². The molecule has 1 heterocycles. The standard InChI is InChI=1S/C14H21FN2O2/c1-19-13-3-2-11(14(15)8-13)10-17-6-5-16-9-12(17)4-7-18/h2-3,8,12,16,18H,4-7,9-10H2,1H3/p+2/t12-/m0/s1. The van der Waals surface area contributed by atoms with Crippen LogP contribution in [0.1, 0.15) is 12.0 Å². The molecule has 1 unspecified atom stereocenters. The molecule has 2 rings (SSSR count). The third-order valence-corrected chi connectivity index (χ3v) is 3.85. The van der Waals surface area contributed by atoms with Crippen molar-refractivity contribution in [3.05, 3.63) is 29.6 Å². The monoisotopic (exact) mass is 270 g/mol. The lowest BCUT2D eigenvalue weighted by molar-refractivity contribution is -0.982. The van der Waals surface area contributed by atoms with Crippen molar-refractivity contribution in [1.29, 1.82) is 0 Å². The lowest BCUT2D eigenvalue weighted by Crippen LogP contribution is -3.23. The maximum atomic E-state index is 14.0. The van der Waals surface area contributed by atoms with Crippen molar-refractivity contribution in [2.75, 3.05) is 33.4 Å². The van der Waals surface area contributed by atoms with E-state index >= 15 is 0 Å². The topological polar surface area (TPSA) is 50.5 Å².